The number of rotatable bonds is 1. The van der Waals surface area contributed by atoms with Gasteiger partial charge in [0.15, 0.2) is 0 Å². The Morgan fingerprint density at radius 3 is 2.73 bits per heavy atom. The summed E-state index contributed by atoms with van der Waals surface area (Å²) in [7, 11) is 0. The van der Waals surface area contributed by atoms with Crippen molar-refractivity contribution in [3.8, 4) is 0 Å². The van der Waals surface area contributed by atoms with Crippen molar-refractivity contribution in [2.24, 2.45) is 11.7 Å². The zero-order chi connectivity index (χ0) is 8.10. The van der Waals surface area contributed by atoms with Crippen molar-refractivity contribution in [3.63, 3.8) is 0 Å². The van der Waals surface area contributed by atoms with Crippen LogP contribution in [-0.2, 0) is 4.79 Å². The maximum absolute atomic E-state index is 10.8. The van der Waals surface area contributed by atoms with Gasteiger partial charge < -0.3 is 5.73 Å². The molecule has 1 aliphatic carbocycles. The Hall–Kier alpha value is -0.790. The number of primary amides is 1. The summed E-state index contributed by atoms with van der Waals surface area (Å²) in [6.45, 7) is 0. The van der Waals surface area contributed by atoms with Gasteiger partial charge in [-0.15, -0.1) is 0 Å². The van der Waals surface area contributed by atoms with Crippen molar-refractivity contribution < 1.29 is 4.79 Å². The maximum atomic E-state index is 10.8. The second kappa shape index (κ2) is 4.16. The Kier molecular flexibility index (Phi) is 3.14. The molecule has 62 valence electrons. The van der Waals surface area contributed by atoms with Crippen molar-refractivity contribution in [1.82, 2.24) is 0 Å². The molecule has 0 aromatic heterocycles. The lowest BCUT2D eigenvalue weighted by Gasteiger charge is -2.12. The van der Waals surface area contributed by atoms with E-state index in [1.165, 1.54) is 0 Å². The van der Waals surface area contributed by atoms with E-state index < -0.39 is 0 Å². The fourth-order valence-corrected chi connectivity index (χ4v) is 1.44. The summed E-state index contributed by atoms with van der Waals surface area (Å²) in [4.78, 5) is 10.8. The number of carbonyl (C=O) groups is 1. The van der Waals surface area contributed by atoms with E-state index in [2.05, 4.69) is 12.2 Å². The number of allylic oxidation sites excluding steroid dienone is 2. The molecule has 0 bridgehead atoms. The van der Waals surface area contributed by atoms with Gasteiger partial charge in [0.05, 0.1) is 0 Å². The van der Waals surface area contributed by atoms with Gasteiger partial charge in [0.25, 0.3) is 0 Å². The van der Waals surface area contributed by atoms with Crippen LogP contribution in [-0.4, -0.2) is 5.91 Å². The van der Waals surface area contributed by atoms with E-state index in [-0.39, 0.29) is 11.8 Å². The first kappa shape index (κ1) is 8.31. The number of carbonyl (C=O) groups excluding carboxylic acids is 1. The van der Waals surface area contributed by atoms with Gasteiger partial charge in [0.1, 0.15) is 0 Å². The van der Waals surface area contributed by atoms with E-state index in [0.29, 0.717) is 0 Å². The highest BCUT2D eigenvalue weighted by Crippen LogP contribution is 2.17. The second-order valence-electron chi connectivity index (χ2n) is 3.08. The predicted molar refractivity (Wildman–Crippen MR) is 44.9 cm³/mol. The summed E-state index contributed by atoms with van der Waals surface area (Å²) < 4.78 is 0. The van der Waals surface area contributed by atoms with Gasteiger partial charge in [-0.1, -0.05) is 12.2 Å². The van der Waals surface area contributed by atoms with Crippen molar-refractivity contribution in [2.45, 2.75) is 32.1 Å². The summed E-state index contributed by atoms with van der Waals surface area (Å²) >= 11 is 0. The lowest BCUT2D eigenvalue weighted by Crippen LogP contribution is -2.23. The van der Waals surface area contributed by atoms with E-state index in [4.69, 9.17) is 5.73 Å². The molecule has 0 spiro atoms. The van der Waals surface area contributed by atoms with Crippen LogP contribution in [0.5, 0.6) is 0 Å². The van der Waals surface area contributed by atoms with Crippen LogP contribution in [0.1, 0.15) is 32.1 Å². The molecule has 0 fully saturated rings. The number of hydrogen-bond acceptors (Lipinski definition) is 1. The largest absolute Gasteiger partial charge is 0.369 e. The molecule has 1 atom stereocenters. The Bertz CT molecular complexity index is 163. The second-order valence-corrected chi connectivity index (χ2v) is 3.08. The van der Waals surface area contributed by atoms with Crippen LogP contribution in [0.2, 0.25) is 0 Å². The predicted octanol–water partition coefficient (Wildman–Crippen LogP) is 1.61. The molecule has 0 aliphatic heterocycles. The summed E-state index contributed by atoms with van der Waals surface area (Å²) in [5.41, 5.74) is 5.22. The normalized spacial score (nSPS) is 28.5. The molecule has 0 saturated carbocycles. The fourth-order valence-electron chi connectivity index (χ4n) is 1.44. The zero-order valence-corrected chi connectivity index (χ0v) is 6.75. The average Bonchev–Trinajstić information content (AvgIpc) is 1.84. The molecular weight excluding hydrogens is 138 g/mol. The monoisotopic (exact) mass is 153 g/mol. The minimum Gasteiger partial charge on any atom is -0.369 e. The standard InChI is InChI=1S/C9H15NO/c10-9(11)8-6-4-2-1-3-5-7-8/h1-2,8H,3-7H2,(H2,10,11)/b2-1+. The quantitative estimate of drug-likeness (QED) is 0.571. The van der Waals surface area contributed by atoms with Gasteiger partial charge in [-0.3, -0.25) is 4.79 Å². The van der Waals surface area contributed by atoms with Gasteiger partial charge in [-0.25, -0.2) is 0 Å². The van der Waals surface area contributed by atoms with Gasteiger partial charge in [0.2, 0.25) is 5.91 Å². The summed E-state index contributed by atoms with van der Waals surface area (Å²) in [5.74, 6) is 0.000231. The zero-order valence-electron chi connectivity index (χ0n) is 6.75. The Labute approximate surface area is 67.5 Å². The van der Waals surface area contributed by atoms with E-state index in [1.807, 2.05) is 0 Å². The van der Waals surface area contributed by atoms with Gasteiger partial charge in [-0.05, 0) is 32.1 Å². The molecule has 1 unspecified atom stereocenters. The topological polar surface area (TPSA) is 43.1 Å². The molecule has 0 saturated heterocycles. The number of nitrogens with two attached hydrogens (primary N) is 1. The highest BCUT2D eigenvalue weighted by Gasteiger charge is 2.14. The first-order valence-electron chi connectivity index (χ1n) is 4.25. The van der Waals surface area contributed by atoms with Crippen molar-refractivity contribution >= 4 is 5.91 Å². The minimum atomic E-state index is -0.125. The lowest BCUT2D eigenvalue weighted by atomic mass is 9.94. The summed E-state index contributed by atoms with van der Waals surface area (Å²) in [6, 6.07) is 0. The summed E-state index contributed by atoms with van der Waals surface area (Å²) in [5, 5.41) is 0. The van der Waals surface area contributed by atoms with Crippen LogP contribution in [0, 0.1) is 5.92 Å². The first-order chi connectivity index (χ1) is 5.30. The van der Waals surface area contributed by atoms with E-state index in [0.717, 1.165) is 32.1 Å². The third-order valence-electron chi connectivity index (χ3n) is 2.17. The molecule has 2 heteroatoms. The van der Waals surface area contributed by atoms with Crippen LogP contribution < -0.4 is 5.73 Å². The van der Waals surface area contributed by atoms with Crippen LogP contribution in [0.3, 0.4) is 0 Å². The molecule has 0 heterocycles. The third-order valence-corrected chi connectivity index (χ3v) is 2.17. The van der Waals surface area contributed by atoms with Gasteiger partial charge in [0, 0.05) is 5.92 Å². The Morgan fingerprint density at radius 1 is 1.27 bits per heavy atom. The van der Waals surface area contributed by atoms with Crippen LogP contribution in [0.15, 0.2) is 12.2 Å². The highest BCUT2D eigenvalue weighted by molar-refractivity contribution is 5.76. The SMILES string of the molecule is NC(=O)C1CC/C=C/CCC1. The van der Waals surface area contributed by atoms with Gasteiger partial charge in [-0.2, -0.15) is 0 Å². The van der Waals surface area contributed by atoms with Crippen molar-refractivity contribution in [2.75, 3.05) is 0 Å². The number of hydrogen-bond donors (Lipinski definition) is 1. The molecule has 1 aliphatic rings. The molecule has 1 amide bonds. The smallest absolute Gasteiger partial charge is 0.220 e. The number of amides is 1. The molecule has 0 radical (unpaired) electrons. The van der Waals surface area contributed by atoms with Crippen molar-refractivity contribution in [3.05, 3.63) is 12.2 Å². The van der Waals surface area contributed by atoms with Crippen LogP contribution >= 0.6 is 0 Å². The fraction of sp³-hybridized carbons (Fsp3) is 0.667. The molecule has 1 rings (SSSR count). The molecule has 2 N–H and O–H groups in total. The van der Waals surface area contributed by atoms with E-state index >= 15 is 0 Å². The Balaban J connectivity index is 2.42. The first-order valence-corrected chi connectivity index (χ1v) is 4.25. The molecular formula is C9H15NO. The molecule has 11 heavy (non-hydrogen) atoms. The summed E-state index contributed by atoms with van der Waals surface area (Å²) in [6.07, 6.45) is 9.46. The highest BCUT2D eigenvalue weighted by atomic mass is 16.1. The molecule has 0 aromatic carbocycles. The minimum absolute atomic E-state index is 0.125. The molecule has 0 aromatic rings. The van der Waals surface area contributed by atoms with Gasteiger partial charge >= 0.3 is 0 Å². The average molecular weight is 153 g/mol. The Morgan fingerprint density at radius 2 is 2.00 bits per heavy atom. The van der Waals surface area contributed by atoms with E-state index in [9.17, 15) is 4.79 Å². The van der Waals surface area contributed by atoms with Crippen LogP contribution in [0.25, 0.3) is 0 Å². The van der Waals surface area contributed by atoms with Crippen molar-refractivity contribution in [1.29, 1.82) is 0 Å². The third kappa shape index (κ3) is 2.74. The molecule has 2 nitrogen and oxygen atoms in total. The maximum Gasteiger partial charge on any atom is 0.220 e. The van der Waals surface area contributed by atoms with E-state index in [1.54, 1.807) is 0 Å². The van der Waals surface area contributed by atoms with Crippen LogP contribution in [0.4, 0.5) is 0 Å². The lowest BCUT2D eigenvalue weighted by molar-refractivity contribution is -0.122.